The average molecular weight is 330 g/mol. The number of carbonyl (C=O) groups is 1. The van der Waals surface area contributed by atoms with Crippen molar-refractivity contribution in [2.45, 2.75) is 27.3 Å². The summed E-state index contributed by atoms with van der Waals surface area (Å²) in [6, 6.07) is 10.4. The number of hydrogen-bond donors (Lipinski definition) is 1. The van der Waals surface area contributed by atoms with Crippen molar-refractivity contribution < 1.29 is 13.9 Å². The SMILES string of the molecule is CCN(Cc1ccc(OC)c(F)c1)C(=O)Nc1ccc(C)cc1C. The molecule has 0 aliphatic heterocycles. The molecule has 0 heterocycles. The maximum atomic E-state index is 13.8. The fourth-order valence-electron chi connectivity index (χ4n) is 2.50. The summed E-state index contributed by atoms with van der Waals surface area (Å²) in [4.78, 5) is 14.1. The monoisotopic (exact) mass is 330 g/mol. The number of hydrogen-bond acceptors (Lipinski definition) is 2. The van der Waals surface area contributed by atoms with E-state index in [4.69, 9.17) is 4.74 Å². The molecule has 0 atom stereocenters. The minimum Gasteiger partial charge on any atom is -0.494 e. The Bertz CT molecular complexity index is 731. The van der Waals surface area contributed by atoms with Crippen LogP contribution in [-0.2, 0) is 6.54 Å². The summed E-state index contributed by atoms with van der Waals surface area (Å²) >= 11 is 0. The molecule has 2 rings (SSSR count). The second kappa shape index (κ2) is 7.81. The van der Waals surface area contributed by atoms with Gasteiger partial charge in [0, 0.05) is 18.8 Å². The van der Waals surface area contributed by atoms with E-state index in [1.54, 1.807) is 17.0 Å². The number of nitrogens with one attached hydrogen (secondary N) is 1. The van der Waals surface area contributed by atoms with Crippen LogP contribution in [0.3, 0.4) is 0 Å². The van der Waals surface area contributed by atoms with Gasteiger partial charge in [-0.25, -0.2) is 9.18 Å². The fourth-order valence-corrected chi connectivity index (χ4v) is 2.50. The van der Waals surface area contributed by atoms with Gasteiger partial charge in [0.15, 0.2) is 11.6 Å². The molecule has 2 aromatic carbocycles. The molecule has 0 radical (unpaired) electrons. The zero-order valence-electron chi connectivity index (χ0n) is 14.5. The van der Waals surface area contributed by atoms with Gasteiger partial charge in [-0.05, 0) is 50.1 Å². The van der Waals surface area contributed by atoms with Crippen LogP contribution in [0.4, 0.5) is 14.9 Å². The van der Waals surface area contributed by atoms with E-state index in [-0.39, 0.29) is 11.8 Å². The molecule has 0 aromatic heterocycles. The third kappa shape index (κ3) is 4.25. The lowest BCUT2D eigenvalue weighted by Crippen LogP contribution is -2.34. The highest BCUT2D eigenvalue weighted by Gasteiger charge is 2.14. The highest BCUT2D eigenvalue weighted by molar-refractivity contribution is 5.90. The molecule has 5 heteroatoms. The average Bonchev–Trinajstić information content (AvgIpc) is 2.55. The summed E-state index contributed by atoms with van der Waals surface area (Å²) in [7, 11) is 1.42. The minimum atomic E-state index is -0.430. The predicted octanol–water partition coefficient (Wildman–Crippen LogP) is 4.51. The molecule has 0 unspecified atom stereocenters. The van der Waals surface area contributed by atoms with Crippen molar-refractivity contribution in [1.29, 1.82) is 0 Å². The van der Waals surface area contributed by atoms with Crippen LogP contribution in [0.5, 0.6) is 5.75 Å². The first-order valence-corrected chi connectivity index (χ1v) is 7.90. The Kier molecular flexibility index (Phi) is 5.79. The smallest absolute Gasteiger partial charge is 0.322 e. The lowest BCUT2D eigenvalue weighted by molar-refractivity contribution is 0.212. The van der Waals surface area contributed by atoms with E-state index in [0.29, 0.717) is 18.7 Å². The Morgan fingerprint density at radius 1 is 1.21 bits per heavy atom. The van der Waals surface area contributed by atoms with Crippen molar-refractivity contribution >= 4 is 11.7 Å². The third-order valence-corrected chi connectivity index (χ3v) is 3.88. The van der Waals surface area contributed by atoms with Gasteiger partial charge >= 0.3 is 6.03 Å². The normalized spacial score (nSPS) is 10.4. The Labute approximate surface area is 142 Å². The van der Waals surface area contributed by atoms with Gasteiger partial charge in [0.1, 0.15) is 0 Å². The fraction of sp³-hybridized carbons (Fsp3) is 0.316. The molecular formula is C19H23FN2O2. The van der Waals surface area contributed by atoms with E-state index in [1.807, 2.05) is 39.0 Å². The largest absolute Gasteiger partial charge is 0.494 e. The second-order valence-corrected chi connectivity index (χ2v) is 5.73. The molecular weight excluding hydrogens is 307 g/mol. The number of carbonyl (C=O) groups excluding carboxylic acids is 1. The van der Waals surface area contributed by atoms with Crippen LogP contribution in [0.25, 0.3) is 0 Å². The number of amides is 2. The standard InChI is InChI=1S/C19H23FN2O2/c1-5-22(12-15-7-9-18(24-4)16(20)11-15)19(23)21-17-8-6-13(2)10-14(17)3/h6-11H,5,12H2,1-4H3,(H,21,23). The summed E-state index contributed by atoms with van der Waals surface area (Å²) in [5.74, 6) is -0.234. The summed E-state index contributed by atoms with van der Waals surface area (Å²) in [6.45, 7) is 6.70. The molecule has 0 saturated heterocycles. The number of methoxy groups -OCH3 is 1. The van der Waals surface area contributed by atoms with Crippen molar-refractivity contribution in [2.75, 3.05) is 19.0 Å². The van der Waals surface area contributed by atoms with E-state index in [2.05, 4.69) is 5.32 Å². The van der Waals surface area contributed by atoms with Crippen LogP contribution in [0.15, 0.2) is 36.4 Å². The molecule has 2 amide bonds. The molecule has 4 nitrogen and oxygen atoms in total. The molecule has 2 aromatic rings. The Hall–Kier alpha value is -2.56. The van der Waals surface area contributed by atoms with Gasteiger partial charge in [-0.1, -0.05) is 23.8 Å². The molecule has 128 valence electrons. The van der Waals surface area contributed by atoms with Gasteiger partial charge in [0.2, 0.25) is 0 Å². The van der Waals surface area contributed by atoms with Crippen molar-refractivity contribution in [3.8, 4) is 5.75 Å². The van der Waals surface area contributed by atoms with Crippen LogP contribution in [-0.4, -0.2) is 24.6 Å². The van der Waals surface area contributed by atoms with Gasteiger partial charge in [-0.2, -0.15) is 0 Å². The number of rotatable bonds is 5. The van der Waals surface area contributed by atoms with Crippen LogP contribution in [0, 0.1) is 19.7 Å². The van der Waals surface area contributed by atoms with Gasteiger partial charge in [-0.15, -0.1) is 0 Å². The first-order chi connectivity index (χ1) is 11.4. The number of urea groups is 1. The summed E-state index contributed by atoms with van der Waals surface area (Å²) in [6.07, 6.45) is 0. The highest BCUT2D eigenvalue weighted by Crippen LogP contribution is 2.20. The quantitative estimate of drug-likeness (QED) is 0.876. The van der Waals surface area contributed by atoms with E-state index in [9.17, 15) is 9.18 Å². The van der Waals surface area contributed by atoms with Crippen LogP contribution in [0.1, 0.15) is 23.6 Å². The van der Waals surface area contributed by atoms with Crippen molar-refractivity contribution in [1.82, 2.24) is 4.90 Å². The number of benzene rings is 2. The topological polar surface area (TPSA) is 41.6 Å². The van der Waals surface area contributed by atoms with Crippen LogP contribution >= 0.6 is 0 Å². The second-order valence-electron chi connectivity index (χ2n) is 5.73. The molecule has 1 N–H and O–H groups in total. The summed E-state index contributed by atoms with van der Waals surface area (Å²) in [5, 5.41) is 2.91. The van der Waals surface area contributed by atoms with E-state index >= 15 is 0 Å². The first kappa shape index (κ1) is 17.8. The number of halogens is 1. The molecule has 0 bridgehead atoms. The van der Waals surface area contributed by atoms with E-state index in [0.717, 1.165) is 16.8 Å². The maximum Gasteiger partial charge on any atom is 0.322 e. The summed E-state index contributed by atoms with van der Waals surface area (Å²) in [5.41, 5.74) is 3.65. The van der Waals surface area contributed by atoms with Gasteiger partial charge in [0.05, 0.1) is 7.11 Å². The Balaban J connectivity index is 2.10. The maximum absolute atomic E-state index is 13.8. The van der Waals surface area contributed by atoms with Crippen molar-refractivity contribution in [3.05, 3.63) is 58.9 Å². The van der Waals surface area contributed by atoms with Crippen molar-refractivity contribution in [2.24, 2.45) is 0 Å². The van der Waals surface area contributed by atoms with Crippen LogP contribution < -0.4 is 10.1 Å². The Morgan fingerprint density at radius 3 is 2.54 bits per heavy atom. The number of nitrogens with zero attached hydrogens (tertiary/aromatic N) is 1. The highest BCUT2D eigenvalue weighted by atomic mass is 19.1. The predicted molar refractivity (Wildman–Crippen MR) is 94.0 cm³/mol. The molecule has 0 aliphatic rings. The molecule has 0 aliphatic carbocycles. The number of ether oxygens (including phenoxy) is 1. The van der Waals surface area contributed by atoms with Crippen molar-refractivity contribution in [3.63, 3.8) is 0 Å². The zero-order chi connectivity index (χ0) is 17.7. The van der Waals surface area contributed by atoms with Gasteiger partial charge < -0.3 is 15.0 Å². The van der Waals surface area contributed by atoms with Crippen LogP contribution in [0.2, 0.25) is 0 Å². The molecule has 0 saturated carbocycles. The van der Waals surface area contributed by atoms with Gasteiger partial charge in [-0.3, -0.25) is 0 Å². The number of anilines is 1. The summed E-state index contributed by atoms with van der Waals surface area (Å²) < 4.78 is 18.7. The molecule has 0 spiro atoms. The van der Waals surface area contributed by atoms with Gasteiger partial charge in [0.25, 0.3) is 0 Å². The lowest BCUT2D eigenvalue weighted by Gasteiger charge is -2.22. The lowest BCUT2D eigenvalue weighted by atomic mass is 10.1. The first-order valence-electron chi connectivity index (χ1n) is 7.90. The third-order valence-electron chi connectivity index (χ3n) is 3.88. The van der Waals surface area contributed by atoms with E-state index in [1.165, 1.54) is 13.2 Å². The zero-order valence-corrected chi connectivity index (χ0v) is 14.5. The minimum absolute atomic E-state index is 0.196. The molecule has 0 fully saturated rings. The number of aryl methyl sites for hydroxylation is 2. The Morgan fingerprint density at radius 2 is 1.96 bits per heavy atom. The van der Waals surface area contributed by atoms with E-state index < -0.39 is 5.82 Å². The molecule has 24 heavy (non-hydrogen) atoms.